The highest BCUT2D eigenvalue weighted by atomic mass is 32.2. The molecule has 0 aliphatic carbocycles. The Labute approximate surface area is 227 Å². The van der Waals surface area contributed by atoms with Gasteiger partial charge in [0.1, 0.15) is 29.7 Å². The van der Waals surface area contributed by atoms with Crippen molar-refractivity contribution >= 4 is 21.5 Å². The van der Waals surface area contributed by atoms with Crippen LogP contribution >= 0.6 is 0 Å². The number of alkyl halides is 3. The molecule has 1 aliphatic rings. The lowest BCUT2D eigenvalue weighted by Crippen LogP contribution is -2.47. The summed E-state index contributed by atoms with van der Waals surface area (Å²) in [5.41, 5.74) is -0.827. The number of hydrogen-bond donors (Lipinski definition) is 2. The average Bonchev–Trinajstić information content (AvgIpc) is 3.34. The summed E-state index contributed by atoms with van der Waals surface area (Å²) in [5.74, 6) is -1.29. The van der Waals surface area contributed by atoms with E-state index in [1.807, 2.05) is 0 Å². The smallest absolute Gasteiger partial charge is 0.418 e. The molecule has 2 N–H and O–H groups in total. The number of aliphatic hydroxyl groups is 1. The first-order chi connectivity index (χ1) is 18.9. The zero-order valence-electron chi connectivity index (χ0n) is 21.6. The molecule has 1 saturated heterocycles. The van der Waals surface area contributed by atoms with Gasteiger partial charge in [0.2, 0.25) is 0 Å². The van der Waals surface area contributed by atoms with Crippen LogP contribution in [0.25, 0.3) is 0 Å². The summed E-state index contributed by atoms with van der Waals surface area (Å²) in [5, 5.41) is 13.9. The maximum Gasteiger partial charge on any atom is 0.418 e. The van der Waals surface area contributed by atoms with Crippen molar-refractivity contribution in [3.8, 4) is 11.5 Å². The van der Waals surface area contributed by atoms with E-state index < -0.39 is 44.8 Å². The lowest BCUT2D eigenvalue weighted by molar-refractivity contribution is -0.207. The van der Waals surface area contributed by atoms with Crippen molar-refractivity contribution in [2.75, 3.05) is 23.8 Å². The van der Waals surface area contributed by atoms with Crippen molar-refractivity contribution in [2.45, 2.75) is 49.8 Å². The van der Waals surface area contributed by atoms with Gasteiger partial charge in [-0.15, -0.1) is 0 Å². The molecule has 3 atom stereocenters. The highest BCUT2D eigenvalue weighted by Gasteiger charge is 2.69. The fourth-order valence-corrected chi connectivity index (χ4v) is 6.10. The second-order valence-corrected chi connectivity index (χ2v) is 10.9. The number of epoxide rings is 1. The van der Waals surface area contributed by atoms with Gasteiger partial charge in [-0.1, -0.05) is 30.6 Å². The summed E-state index contributed by atoms with van der Waals surface area (Å²) in [6.07, 6.45) is -7.19. The van der Waals surface area contributed by atoms with Crippen molar-refractivity contribution in [1.82, 2.24) is 5.16 Å². The minimum atomic E-state index is -5.14. The molecule has 0 saturated carbocycles. The number of rotatable bonds is 12. The number of methoxy groups -OCH3 is 2. The molecule has 218 valence electrons. The Balaban J connectivity index is 1.76. The van der Waals surface area contributed by atoms with Crippen LogP contribution in [-0.4, -0.2) is 50.2 Å². The van der Waals surface area contributed by atoms with Crippen LogP contribution in [-0.2, 0) is 21.3 Å². The van der Waals surface area contributed by atoms with Gasteiger partial charge in [0.25, 0.3) is 15.1 Å². The molecule has 1 aromatic heterocycles. The van der Waals surface area contributed by atoms with Gasteiger partial charge in [-0.05, 0) is 30.2 Å². The number of anilines is 2. The van der Waals surface area contributed by atoms with Gasteiger partial charge in [0, 0.05) is 17.7 Å². The molecule has 0 radical (unpaired) electrons. The Bertz CT molecular complexity index is 1420. The van der Waals surface area contributed by atoms with E-state index >= 15 is 0 Å². The summed E-state index contributed by atoms with van der Waals surface area (Å²) < 4.78 is 104. The quantitative estimate of drug-likeness (QED) is 0.228. The molecule has 1 aliphatic heterocycles. The third-order valence-corrected chi connectivity index (χ3v) is 8.43. The van der Waals surface area contributed by atoms with Crippen molar-refractivity contribution in [3.05, 3.63) is 65.7 Å². The molecule has 4 rings (SSSR count). The molecule has 2 aromatic carbocycles. The first-order valence-corrected chi connectivity index (χ1v) is 13.5. The third kappa shape index (κ3) is 5.53. The van der Waals surface area contributed by atoms with Gasteiger partial charge in [-0.3, -0.25) is 0 Å². The summed E-state index contributed by atoms with van der Waals surface area (Å²) in [6.45, 7) is 1.60. The SMILES string of the molecule is CCC[C@@H]1OC1(Nc1cc(F)c(C(O)C(F)(F)F)cc1OC)S(=O)(=O)N(Cc1ccc(OC)cc1)c1ccon1. The normalized spacial score (nSPS) is 19.6. The number of aromatic nitrogens is 1. The topological polar surface area (TPSA) is 127 Å². The van der Waals surface area contributed by atoms with E-state index in [0.29, 0.717) is 29.9 Å². The molecular weight excluding hydrogens is 562 g/mol. The average molecular weight is 590 g/mol. The number of hydrogen-bond acceptors (Lipinski definition) is 9. The van der Waals surface area contributed by atoms with E-state index in [1.54, 1.807) is 31.2 Å². The van der Waals surface area contributed by atoms with E-state index in [9.17, 15) is 31.1 Å². The van der Waals surface area contributed by atoms with Crippen LogP contribution in [0.15, 0.2) is 53.3 Å². The molecule has 3 aromatic rings. The van der Waals surface area contributed by atoms with E-state index in [-0.39, 0.29) is 30.2 Å². The molecule has 2 unspecified atom stereocenters. The van der Waals surface area contributed by atoms with E-state index in [1.165, 1.54) is 19.4 Å². The summed E-state index contributed by atoms with van der Waals surface area (Å²) >= 11 is 0. The van der Waals surface area contributed by atoms with Crippen LogP contribution in [0, 0.1) is 5.82 Å². The van der Waals surface area contributed by atoms with E-state index in [0.717, 1.165) is 11.4 Å². The Kier molecular flexibility index (Phi) is 8.19. The van der Waals surface area contributed by atoms with Gasteiger partial charge in [0.15, 0.2) is 11.9 Å². The van der Waals surface area contributed by atoms with Gasteiger partial charge in [0.05, 0.1) is 26.5 Å². The Morgan fingerprint density at radius 3 is 2.42 bits per heavy atom. The monoisotopic (exact) mass is 589 g/mol. The first-order valence-electron chi connectivity index (χ1n) is 12.0. The van der Waals surface area contributed by atoms with Crippen LogP contribution in [0.5, 0.6) is 11.5 Å². The number of sulfonamides is 1. The maximum atomic E-state index is 14.8. The number of ether oxygens (including phenoxy) is 3. The highest BCUT2D eigenvalue weighted by Crippen LogP contribution is 2.49. The Morgan fingerprint density at radius 2 is 1.88 bits per heavy atom. The maximum absolute atomic E-state index is 14.8. The van der Waals surface area contributed by atoms with Crippen LogP contribution < -0.4 is 19.1 Å². The van der Waals surface area contributed by atoms with Crippen LogP contribution in [0.2, 0.25) is 0 Å². The number of nitrogens with zero attached hydrogens (tertiary/aromatic N) is 2. The van der Waals surface area contributed by atoms with Gasteiger partial charge in [-0.25, -0.2) is 17.1 Å². The Morgan fingerprint density at radius 1 is 1.18 bits per heavy atom. The summed E-state index contributed by atoms with van der Waals surface area (Å²) in [6, 6.07) is 9.21. The van der Waals surface area contributed by atoms with Crippen molar-refractivity contribution in [3.63, 3.8) is 0 Å². The lowest BCUT2D eigenvalue weighted by atomic mass is 10.1. The summed E-state index contributed by atoms with van der Waals surface area (Å²) in [7, 11) is -1.95. The van der Waals surface area contributed by atoms with Crippen LogP contribution in [0.1, 0.15) is 37.0 Å². The molecule has 0 amide bonds. The molecule has 15 heteroatoms. The molecular formula is C25H27F4N3O7S. The molecule has 0 spiro atoms. The highest BCUT2D eigenvalue weighted by molar-refractivity contribution is 7.94. The molecule has 10 nitrogen and oxygen atoms in total. The zero-order chi connectivity index (χ0) is 29.3. The third-order valence-electron chi connectivity index (χ3n) is 6.31. The number of halogens is 4. The second-order valence-electron chi connectivity index (χ2n) is 8.92. The fraction of sp³-hybridized carbons (Fsp3) is 0.400. The van der Waals surface area contributed by atoms with Crippen molar-refractivity contribution < 1.29 is 49.8 Å². The largest absolute Gasteiger partial charge is 0.497 e. The predicted molar refractivity (Wildman–Crippen MR) is 135 cm³/mol. The van der Waals surface area contributed by atoms with Crippen LogP contribution in [0.3, 0.4) is 0 Å². The van der Waals surface area contributed by atoms with Gasteiger partial charge in [-0.2, -0.15) is 13.2 Å². The summed E-state index contributed by atoms with van der Waals surface area (Å²) in [4.78, 5) is 0. The van der Waals surface area contributed by atoms with Crippen molar-refractivity contribution in [2.24, 2.45) is 0 Å². The van der Waals surface area contributed by atoms with Gasteiger partial charge >= 0.3 is 6.18 Å². The molecule has 40 heavy (non-hydrogen) atoms. The van der Waals surface area contributed by atoms with E-state index in [4.69, 9.17) is 18.7 Å². The second kappa shape index (κ2) is 11.1. The number of benzene rings is 2. The zero-order valence-corrected chi connectivity index (χ0v) is 22.4. The fourth-order valence-electron chi connectivity index (χ4n) is 4.18. The Hall–Kier alpha value is -3.56. The lowest BCUT2D eigenvalue weighted by Gasteiger charge is -2.28. The van der Waals surface area contributed by atoms with E-state index in [2.05, 4.69) is 10.5 Å². The number of aliphatic hydroxyl groups excluding tert-OH is 1. The first kappa shape index (κ1) is 29.4. The number of nitrogens with one attached hydrogen (secondary N) is 1. The van der Waals surface area contributed by atoms with Crippen molar-refractivity contribution in [1.29, 1.82) is 0 Å². The molecule has 2 heterocycles. The van der Waals surface area contributed by atoms with Gasteiger partial charge < -0.3 is 29.2 Å². The van der Waals surface area contributed by atoms with Crippen LogP contribution in [0.4, 0.5) is 29.1 Å². The minimum absolute atomic E-state index is 0.0652. The standard InChI is InChI=1S/C25H27F4N3O7S/c1-4-5-21-25(39-21,30-19-13-18(26)17(12-20(19)37-3)23(33)24(27,28)29)40(34,35)32(22-10-11-38-31-22)14-15-6-8-16(36-2)9-7-15/h6-13,21,23,30,33H,4-5,14H2,1-3H3/t21-,23?,25?/m0/s1. The predicted octanol–water partition coefficient (Wildman–Crippen LogP) is 4.73. The molecule has 1 fully saturated rings. The molecule has 0 bridgehead atoms. The minimum Gasteiger partial charge on any atom is -0.497 e.